The molecule has 21 heavy (non-hydrogen) atoms. The van der Waals surface area contributed by atoms with Crippen LogP contribution in [0.5, 0.6) is 0 Å². The number of nitrogens with zero attached hydrogens (tertiary/aromatic N) is 2. The predicted molar refractivity (Wildman–Crippen MR) is 74.0 cm³/mol. The third-order valence-electron chi connectivity index (χ3n) is 3.35. The minimum Gasteiger partial charge on any atom is -0.368 e. The van der Waals surface area contributed by atoms with Crippen molar-refractivity contribution in [2.45, 2.75) is 25.6 Å². The van der Waals surface area contributed by atoms with Crippen LogP contribution < -0.4 is 11.1 Å². The minimum absolute atomic E-state index is 0.0717. The van der Waals surface area contributed by atoms with Crippen molar-refractivity contribution >= 4 is 11.7 Å². The molecule has 1 rings (SSSR count). The lowest BCUT2D eigenvalue weighted by molar-refractivity contribution is -0.141. The average Bonchev–Trinajstić information content (AvgIpc) is 2.34. The second-order valence-corrected chi connectivity index (χ2v) is 5.52. The smallest absolute Gasteiger partial charge is 0.368 e. The molecular formula is C13H19F3N4O. The molecule has 0 saturated heterocycles. The second kappa shape index (κ2) is 5.88. The van der Waals surface area contributed by atoms with Crippen molar-refractivity contribution in [2.75, 3.05) is 26.0 Å². The number of hydrogen-bond acceptors (Lipinski definition) is 4. The maximum Gasteiger partial charge on any atom is 0.433 e. The van der Waals surface area contributed by atoms with E-state index in [1.807, 2.05) is 32.8 Å². The van der Waals surface area contributed by atoms with Crippen molar-refractivity contribution in [1.29, 1.82) is 0 Å². The van der Waals surface area contributed by atoms with Crippen molar-refractivity contribution in [1.82, 2.24) is 9.88 Å². The average molecular weight is 304 g/mol. The summed E-state index contributed by atoms with van der Waals surface area (Å²) in [5, 5.41) is 2.78. The maximum atomic E-state index is 12.7. The summed E-state index contributed by atoms with van der Waals surface area (Å²) in [5.41, 5.74) is 3.68. The first-order valence-electron chi connectivity index (χ1n) is 6.24. The Balaban J connectivity index is 3.11. The molecule has 0 atom stereocenters. The number of likely N-dealkylation sites (N-methyl/N-ethyl adjacent to an activating group) is 1. The van der Waals surface area contributed by atoms with Crippen LogP contribution in [0.2, 0.25) is 0 Å². The molecule has 5 nitrogen and oxygen atoms in total. The van der Waals surface area contributed by atoms with Gasteiger partial charge in [0.15, 0.2) is 0 Å². The summed E-state index contributed by atoms with van der Waals surface area (Å²) in [6.07, 6.45) is -4.58. The van der Waals surface area contributed by atoms with E-state index in [1.165, 1.54) is 0 Å². The number of rotatable bonds is 5. The van der Waals surface area contributed by atoms with E-state index in [2.05, 4.69) is 10.3 Å². The van der Waals surface area contributed by atoms with Crippen LogP contribution in [0.4, 0.5) is 19.0 Å². The quantitative estimate of drug-likeness (QED) is 0.872. The lowest BCUT2D eigenvalue weighted by atomic mass is 10.0. The van der Waals surface area contributed by atoms with Crippen LogP contribution in [0.25, 0.3) is 0 Å². The third-order valence-corrected chi connectivity index (χ3v) is 3.35. The highest BCUT2D eigenvalue weighted by Gasteiger charge is 2.33. The van der Waals surface area contributed by atoms with E-state index in [0.717, 1.165) is 12.1 Å². The molecule has 0 aliphatic carbocycles. The van der Waals surface area contributed by atoms with Crippen LogP contribution in [0, 0.1) is 0 Å². The molecule has 8 heteroatoms. The summed E-state index contributed by atoms with van der Waals surface area (Å²) in [5.74, 6) is -0.992. The largest absolute Gasteiger partial charge is 0.433 e. The van der Waals surface area contributed by atoms with Gasteiger partial charge < -0.3 is 16.0 Å². The van der Waals surface area contributed by atoms with Gasteiger partial charge in [0.05, 0.1) is 5.56 Å². The van der Waals surface area contributed by atoms with E-state index in [-0.39, 0.29) is 16.9 Å². The molecule has 0 unspecified atom stereocenters. The van der Waals surface area contributed by atoms with Crippen molar-refractivity contribution in [3.63, 3.8) is 0 Å². The topological polar surface area (TPSA) is 71.2 Å². The molecule has 0 radical (unpaired) electrons. The number of nitrogens with one attached hydrogen (secondary N) is 1. The number of carbonyl (C=O) groups excluding carboxylic acids is 1. The van der Waals surface area contributed by atoms with Gasteiger partial charge in [0, 0.05) is 12.1 Å². The van der Waals surface area contributed by atoms with Crippen LogP contribution in [0.15, 0.2) is 12.1 Å². The summed E-state index contributed by atoms with van der Waals surface area (Å²) in [7, 11) is 3.69. The Morgan fingerprint density at radius 3 is 2.33 bits per heavy atom. The number of nitrogens with two attached hydrogens (primary N) is 1. The second-order valence-electron chi connectivity index (χ2n) is 5.52. The Morgan fingerprint density at radius 2 is 1.90 bits per heavy atom. The minimum atomic E-state index is -4.58. The van der Waals surface area contributed by atoms with Gasteiger partial charge in [0.1, 0.15) is 11.5 Å². The normalized spacial score (nSPS) is 12.6. The first-order chi connectivity index (χ1) is 9.45. The fourth-order valence-corrected chi connectivity index (χ4v) is 1.41. The molecule has 1 amide bonds. The molecule has 0 aromatic carbocycles. The Labute approximate surface area is 121 Å². The van der Waals surface area contributed by atoms with Crippen LogP contribution in [0.1, 0.15) is 29.9 Å². The fraction of sp³-hybridized carbons (Fsp3) is 0.538. The lowest BCUT2D eigenvalue weighted by Crippen LogP contribution is -2.44. The molecule has 0 fully saturated rings. The summed E-state index contributed by atoms with van der Waals surface area (Å²) in [4.78, 5) is 16.7. The SMILES string of the molecule is CN(C)C(C)(C)CNc1nc(C(F)(F)F)ccc1C(N)=O. The predicted octanol–water partition coefficient (Wildman–Crippen LogP) is 1.95. The molecule has 1 aromatic rings. The Bertz CT molecular complexity index is 527. The summed E-state index contributed by atoms with van der Waals surface area (Å²) in [6.45, 7) is 4.10. The number of primary amides is 1. The zero-order valence-electron chi connectivity index (χ0n) is 12.4. The number of aromatic nitrogens is 1. The zero-order chi connectivity index (χ0) is 16.4. The molecule has 1 aromatic heterocycles. The van der Waals surface area contributed by atoms with Crippen LogP contribution >= 0.6 is 0 Å². The molecular weight excluding hydrogens is 285 g/mol. The number of carbonyl (C=O) groups is 1. The number of amides is 1. The molecule has 0 spiro atoms. The first-order valence-corrected chi connectivity index (χ1v) is 6.24. The Kier molecular flexibility index (Phi) is 4.83. The highest BCUT2D eigenvalue weighted by Crippen LogP contribution is 2.29. The molecule has 118 valence electrons. The highest BCUT2D eigenvalue weighted by atomic mass is 19.4. The molecule has 3 N–H and O–H groups in total. The van der Waals surface area contributed by atoms with Gasteiger partial charge in [0.25, 0.3) is 5.91 Å². The van der Waals surface area contributed by atoms with E-state index in [9.17, 15) is 18.0 Å². The maximum absolute atomic E-state index is 12.7. The van der Waals surface area contributed by atoms with Crippen LogP contribution in [-0.2, 0) is 6.18 Å². The van der Waals surface area contributed by atoms with E-state index in [0.29, 0.717) is 6.54 Å². The number of hydrogen-bond donors (Lipinski definition) is 2. The Morgan fingerprint density at radius 1 is 1.33 bits per heavy atom. The Hall–Kier alpha value is -1.83. The van der Waals surface area contributed by atoms with E-state index in [1.54, 1.807) is 0 Å². The molecule has 0 saturated carbocycles. The van der Waals surface area contributed by atoms with Gasteiger partial charge in [-0.2, -0.15) is 13.2 Å². The van der Waals surface area contributed by atoms with Gasteiger partial charge in [0.2, 0.25) is 0 Å². The summed E-state index contributed by atoms with van der Waals surface area (Å²) in [6, 6.07) is 1.77. The van der Waals surface area contributed by atoms with Gasteiger partial charge >= 0.3 is 6.18 Å². The lowest BCUT2D eigenvalue weighted by Gasteiger charge is -2.33. The number of anilines is 1. The van der Waals surface area contributed by atoms with Gasteiger partial charge in [-0.1, -0.05) is 0 Å². The van der Waals surface area contributed by atoms with E-state index >= 15 is 0 Å². The standard InChI is InChI=1S/C13H19F3N4O/c1-12(2,20(3)4)7-18-11-8(10(17)21)5-6-9(19-11)13(14,15)16/h5-6H,7H2,1-4H3,(H2,17,21)(H,18,19). The summed E-state index contributed by atoms with van der Waals surface area (Å²) < 4.78 is 38.1. The zero-order valence-corrected chi connectivity index (χ0v) is 12.4. The monoisotopic (exact) mass is 304 g/mol. The van der Waals surface area contributed by atoms with Crippen LogP contribution in [-0.4, -0.2) is 42.0 Å². The van der Waals surface area contributed by atoms with Crippen LogP contribution in [0.3, 0.4) is 0 Å². The fourth-order valence-electron chi connectivity index (χ4n) is 1.41. The molecule has 0 bridgehead atoms. The number of alkyl halides is 3. The summed E-state index contributed by atoms with van der Waals surface area (Å²) >= 11 is 0. The van der Waals surface area contributed by atoms with Gasteiger partial charge in [-0.05, 0) is 40.1 Å². The van der Waals surface area contributed by atoms with Gasteiger partial charge in [-0.25, -0.2) is 4.98 Å². The highest BCUT2D eigenvalue weighted by molar-refractivity contribution is 5.97. The molecule has 0 aliphatic rings. The van der Waals surface area contributed by atoms with Gasteiger partial charge in [-0.15, -0.1) is 0 Å². The molecule has 0 aliphatic heterocycles. The van der Waals surface area contributed by atoms with E-state index < -0.39 is 17.8 Å². The third kappa shape index (κ3) is 4.32. The molecule has 1 heterocycles. The van der Waals surface area contributed by atoms with E-state index in [4.69, 9.17) is 5.73 Å². The number of halogens is 3. The van der Waals surface area contributed by atoms with Crippen molar-refractivity contribution in [3.8, 4) is 0 Å². The van der Waals surface area contributed by atoms with Crippen molar-refractivity contribution in [2.24, 2.45) is 5.73 Å². The first kappa shape index (κ1) is 17.2. The van der Waals surface area contributed by atoms with Crippen molar-refractivity contribution < 1.29 is 18.0 Å². The van der Waals surface area contributed by atoms with Crippen molar-refractivity contribution in [3.05, 3.63) is 23.4 Å². The van der Waals surface area contributed by atoms with Gasteiger partial charge in [-0.3, -0.25) is 4.79 Å². The number of pyridine rings is 1.